The number of hydrogen-bond acceptors (Lipinski definition) is 3. The molecule has 0 aliphatic carbocycles. The third kappa shape index (κ3) is 6.13. The summed E-state index contributed by atoms with van der Waals surface area (Å²) in [5.41, 5.74) is 1.05. The highest BCUT2D eigenvalue weighted by atomic mass is 127. The standard InChI is InChI=1S/C14H20BrN3O2.HI/c1-5-6-17-14(16-2)18-9-10-7-11(15)13(20-4)12(8-10)19-3;/h5,7-8H,1,6,9H2,2-4H3,(H2,16,17,18);1H. The largest absolute Gasteiger partial charge is 0.493 e. The van der Waals surface area contributed by atoms with Gasteiger partial charge in [-0.15, -0.1) is 30.6 Å². The topological polar surface area (TPSA) is 54.9 Å². The summed E-state index contributed by atoms with van der Waals surface area (Å²) in [6.07, 6.45) is 1.78. The number of nitrogens with zero attached hydrogens (tertiary/aromatic N) is 1. The van der Waals surface area contributed by atoms with Crippen molar-refractivity contribution in [2.45, 2.75) is 6.54 Å². The summed E-state index contributed by atoms with van der Waals surface area (Å²) in [4.78, 5) is 4.12. The van der Waals surface area contributed by atoms with Gasteiger partial charge in [-0.2, -0.15) is 0 Å². The predicted octanol–water partition coefficient (Wildman–Crippen LogP) is 2.94. The van der Waals surface area contributed by atoms with E-state index in [9.17, 15) is 0 Å². The summed E-state index contributed by atoms with van der Waals surface area (Å²) in [7, 11) is 4.95. The number of benzene rings is 1. The fourth-order valence-electron chi connectivity index (χ4n) is 1.65. The molecule has 0 saturated carbocycles. The van der Waals surface area contributed by atoms with Crippen LogP contribution in [0.2, 0.25) is 0 Å². The average molecular weight is 470 g/mol. The van der Waals surface area contributed by atoms with Crippen molar-refractivity contribution >= 4 is 45.9 Å². The summed E-state index contributed by atoms with van der Waals surface area (Å²) in [6, 6.07) is 3.91. The first kappa shape index (κ1) is 20.0. The molecule has 1 rings (SSSR count). The fraction of sp³-hybridized carbons (Fsp3) is 0.357. The van der Waals surface area contributed by atoms with Crippen LogP contribution in [0.5, 0.6) is 11.5 Å². The zero-order valence-electron chi connectivity index (χ0n) is 12.4. The van der Waals surface area contributed by atoms with Crippen LogP contribution < -0.4 is 20.1 Å². The van der Waals surface area contributed by atoms with Crippen LogP contribution >= 0.6 is 39.9 Å². The maximum absolute atomic E-state index is 5.31. The van der Waals surface area contributed by atoms with E-state index in [4.69, 9.17) is 9.47 Å². The van der Waals surface area contributed by atoms with E-state index < -0.39 is 0 Å². The highest BCUT2D eigenvalue weighted by Crippen LogP contribution is 2.36. The number of methoxy groups -OCH3 is 2. The molecule has 0 heterocycles. The van der Waals surface area contributed by atoms with Gasteiger partial charge in [0, 0.05) is 20.1 Å². The highest BCUT2D eigenvalue weighted by molar-refractivity contribution is 14.0. The smallest absolute Gasteiger partial charge is 0.191 e. The van der Waals surface area contributed by atoms with Crippen molar-refractivity contribution in [3.63, 3.8) is 0 Å². The molecular weight excluding hydrogens is 449 g/mol. The van der Waals surface area contributed by atoms with E-state index in [-0.39, 0.29) is 24.0 Å². The molecule has 0 spiro atoms. The lowest BCUT2D eigenvalue weighted by molar-refractivity contribution is 0.352. The Hall–Kier alpha value is -0.960. The minimum absolute atomic E-state index is 0. The van der Waals surface area contributed by atoms with Crippen LogP contribution in [0.3, 0.4) is 0 Å². The van der Waals surface area contributed by atoms with E-state index in [0.29, 0.717) is 24.6 Å². The Kier molecular flexibility index (Phi) is 10.2. The van der Waals surface area contributed by atoms with Gasteiger partial charge in [0.25, 0.3) is 0 Å². The fourth-order valence-corrected chi connectivity index (χ4v) is 2.30. The van der Waals surface area contributed by atoms with Crippen molar-refractivity contribution in [3.8, 4) is 11.5 Å². The van der Waals surface area contributed by atoms with Gasteiger partial charge < -0.3 is 20.1 Å². The third-order valence-corrected chi connectivity index (χ3v) is 3.18. The Labute approximate surface area is 151 Å². The van der Waals surface area contributed by atoms with Gasteiger partial charge in [0.2, 0.25) is 0 Å². The molecule has 0 saturated heterocycles. The van der Waals surface area contributed by atoms with Gasteiger partial charge in [0.15, 0.2) is 17.5 Å². The second kappa shape index (κ2) is 10.7. The van der Waals surface area contributed by atoms with Gasteiger partial charge in [-0.3, -0.25) is 4.99 Å². The molecule has 0 bridgehead atoms. The lowest BCUT2D eigenvalue weighted by Gasteiger charge is -2.14. The second-order valence-electron chi connectivity index (χ2n) is 3.91. The van der Waals surface area contributed by atoms with E-state index in [1.165, 1.54) is 0 Å². The molecule has 0 amide bonds. The van der Waals surface area contributed by atoms with Gasteiger partial charge in [0.05, 0.1) is 18.7 Å². The minimum atomic E-state index is 0. The molecule has 0 aliphatic heterocycles. The second-order valence-corrected chi connectivity index (χ2v) is 4.76. The number of rotatable bonds is 6. The first-order valence-corrected chi connectivity index (χ1v) is 6.91. The molecule has 0 aliphatic rings. The Balaban J connectivity index is 0.00000400. The van der Waals surface area contributed by atoms with Crippen molar-refractivity contribution < 1.29 is 9.47 Å². The van der Waals surface area contributed by atoms with Crippen LogP contribution in [0.15, 0.2) is 34.3 Å². The van der Waals surface area contributed by atoms with E-state index in [1.54, 1.807) is 27.3 Å². The van der Waals surface area contributed by atoms with Gasteiger partial charge in [-0.05, 0) is 33.6 Å². The normalized spacial score (nSPS) is 10.4. The summed E-state index contributed by atoms with van der Waals surface area (Å²) in [5.74, 6) is 2.09. The average Bonchev–Trinajstić information content (AvgIpc) is 2.46. The number of guanidine groups is 1. The molecule has 0 aromatic heterocycles. The predicted molar refractivity (Wildman–Crippen MR) is 101 cm³/mol. The maximum atomic E-state index is 5.31. The Bertz CT molecular complexity index is 495. The lowest BCUT2D eigenvalue weighted by atomic mass is 10.2. The van der Waals surface area contributed by atoms with Crippen molar-refractivity contribution in [1.82, 2.24) is 10.6 Å². The quantitative estimate of drug-likeness (QED) is 0.291. The SMILES string of the molecule is C=CCNC(=NC)NCc1cc(Br)c(OC)c(OC)c1.I. The lowest BCUT2D eigenvalue weighted by Crippen LogP contribution is -2.36. The zero-order chi connectivity index (χ0) is 15.0. The highest BCUT2D eigenvalue weighted by Gasteiger charge is 2.10. The molecule has 118 valence electrons. The van der Waals surface area contributed by atoms with E-state index in [1.807, 2.05) is 12.1 Å². The minimum Gasteiger partial charge on any atom is -0.493 e. The van der Waals surface area contributed by atoms with Crippen molar-refractivity contribution in [3.05, 3.63) is 34.8 Å². The Morgan fingerprint density at radius 1 is 1.33 bits per heavy atom. The van der Waals surface area contributed by atoms with Crippen molar-refractivity contribution in [2.24, 2.45) is 4.99 Å². The maximum Gasteiger partial charge on any atom is 0.191 e. The summed E-state index contributed by atoms with van der Waals surface area (Å²) < 4.78 is 11.4. The third-order valence-electron chi connectivity index (χ3n) is 2.59. The number of aliphatic imine (C=N–C) groups is 1. The molecule has 1 aromatic carbocycles. The van der Waals surface area contributed by atoms with Crippen LogP contribution in [-0.2, 0) is 6.54 Å². The summed E-state index contributed by atoms with van der Waals surface area (Å²) >= 11 is 3.47. The van der Waals surface area contributed by atoms with Crippen LogP contribution in [0.25, 0.3) is 0 Å². The van der Waals surface area contributed by atoms with Crippen LogP contribution in [0.4, 0.5) is 0 Å². The summed E-state index contributed by atoms with van der Waals surface area (Å²) in [5, 5.41) is 6.32. The molecule has 2 N–H and O–H groups in total. The van der Waals surface area contributed by atoms with Crippen molar-refractivity contribution in [1.29, 1.82) is 0 Å². The number of halogens is 2. The van der Waals surface area contributed by atoms with Gasteiger partial charge in [-0.1, -0.05) is 6.08 Å². The molecule has 0 fully saturated rings. The monoisotopic (exact) mass is 469 g/mol. The van der Waals surface area contributed by atoms with E-state index in [0.717, 1.165) is 16.0 Å². The van der Waals surface area contributed by atoms with E-state index >= 15 is 0 Å². The molecular formula is C14H21BrIN3O2. The molecule has 0 atom stereocenters. The van der Waals surface area contributed by atoms with Gasteiger partial charge in [-0.25, -0.2) is 0 Å². The van der Waals surface area contributed by atoms with E-state index in [2.05, 4.69) is 38.1 Å². The zero-order valence-corrected chi connectivity index (χ0v) is 16.3. The van der Waals surface area contributed by atoms with Crippen LogP contribution in [0, 0.1) is 0 Å². The number of hydrogen-bond donors (Lipinski definition) is 2. The summed E-state index contributed by atoms with van der Waals surface area (Å²) in [6.45, 7) is 4.94. The Morgan fingerprint density at radius 3 is 2.57 bits per heavy atom. The first-order chi connectivity index (χ1) is 9.65. The first-order valence-electron chi connectivity index (χ1n) is 6.12. The van der Waals surface area contributed by atoms with Crippen LogP contribution in [0.1, 0.15) is 5.56 Å². The molecule has 5 nitrogen and oxygen atoms in total. The van der Waals surface area contributed by atoms with Crippen LogP contribution in [-0.4, -0.2) is 33.8 Å². The van der Waals surface area contributed by atoms with Gasteiger partial charge in [0.1, 0.15) is 0 Å². The molecule has 21 heavy (non-hydrogen) atoms. The number of ether oxygens (including phenoxy) is 2. The molecule has 0 unspecified atom stereocenters. The van der Waals surface area contributed by atoms with Crippen molar-refractivity contribution in [2.75, 3.05) is 27.8 Å². The number of nitrogens with one attached hydrogen (secondary N) is 2. The Morgan fingerprint density at radius 2 is 2.05 bits per heavy atom. The molecule has 1 aromatic rings. The van der Waals surface area contributed by atoms with Gasteiger partial charge >= 0.3 is 0 Å². The molecule has 0 radical (unpaired) electrons. The molecule has 7 heteroatoms.